The lowest BCUT2D eigenvalue weighted by molar-refractivity contribution is -0.157. The van der Waals surface area contributed by atoms with Gasteiger partial charge in [0.2, 0.25) is 0 Å². The first-order chi connectivity index (χ1) is 17.1. The lowest BCUT2D eigenvalue weighted by Gasteiger charge is -2.29. The highest BCUT2D eigenvalue weighted by Gasteiger charge is 2.37. The van der Waals surface area contributed by atoms with Gasteiger partial charge < -0.3 is 9.68 Å². The Hall–Kier alpha value is -3.56. The highest BCUT2D eigenvalue weighted by Crippen LogP contribution is 2.34. The minimum atomic E-state index is -0.994. The van der Waals surface area contributed by atoms with Gasteiger partial charge in [0, 0.05) is 0 Å². The summed E-state index contributed by atoms with van der Waals surface area (Å²) in [5.41, 5.74) is -6.17. The van der Waals surface area contributed by atoms with Gasteiger partial charge in [-0.3, -0.25) is 19.2 Å². The molecule has 2 heterocycles. The fourth-order valence-electron chi connectivity index (χ4n) is 5.30. The molecule has 0 fully saturated rings. The first kappa shape index (κ1) is 29.0. The summed E-state index contributed by atoms with van der Waals surface area (Å²) in [6.07, 6.45) is 0.862. The summed E-state index contributed by atoms with van der Waals surface area (Å²) < 4.78 is 0.711. The molecule has 0 unspecified atom stereocenters. The van der Waals surface area contributed by atoms with Gasteiger partial charge in [-0.15, -0.1) is 0 Å². The first-order valence-corrected chi connectivity index (χ1v) is 12.5. The van der Waals surface area contributed by atoms with Gasteiger partial charge in [-0.1, -0.05) is 51.0 Å². The van der Waals surface area contributed by atoms with Gasteiger partial charge in [0.15, 0.2) is 0 Å². The number of rotatable bonds is 6. The number of aromatic nitrogens is 2. The van der Waals surface area contributed by atoms with Crippen LogP contribution in [0.15, 0.2) is 31.3 Å². The van der Waals surface area contributed by atoms with Crippen molar-refractivity contribution in [2.45, 2.75) is 82.1 Å². The van der Waals surface area contributed by atoms with E-state index in [-0.39, 0.29) is 32.4 Å². The fourth-order valence-corrected chi connectivity index (χ4v) is 5.30. The molecule has 10 nitrogen and oxygen atoms in total. The van der Waals surface area contributed by atoms with E-state index in [0.29, 0.717) is 22.3 Å². The van der Waals surface area contributed by atoms with Gasteiger partial charge in [-0.05, 0) is 63.5 Å². The zero-order valence-electron chi connectivity index (χ0n) is 23.7. The molecule has 0 atom stereocenters. The van der Waals surface area contributed by atoms with Crippen LogP contribution in [-0.4, -0.2) is 21.4 Å². The van der Waals surface area contributed by atoms with E-state index in [0.717, 1.165) is 12.1 Å². The molecular weight excluding hydrogens is 492 g/mol. The number of fused-ring (bicyclic) bond motifs is 2. The van der Waals surface area contributed by atoms with Gasteiger partial charge in [-0.2, -0.15) is 0 Å². The number of carbonyl (C=O) groups excluding carboxylic acids is 2. The summed E-state index contributed by atoms with van der Waals surface area (Å²) in [4.78, 5) is 88.1. The predicted octanol–water partition coefficient (Wildman–Crippen LogP) is 2.75. The summed E-state index contributed by atoms with van der Waals surface area (Å²) in [5.74, 6) is -1.53. The van der Waals surface area contributed by atoms with Crippen molar-refractivity contribution in [1.82, 2.24) is 9.46 Å². The van der Waals surface area contributed by atoms with Crippen molar-refractivity contribution in [2.24, 2.45) is 21.7 Å². The molecule has 0 spiro atoms. The second kappa shape index (κ2) is 9.03. The number of hydrogen-bond donors (Lipinski definition) is 0. The maximum atomic E-state index is 13.0. The Labute approximate surface area is 219 Å². The predicted molar refractivity (Wildman–Crippen MR) is 144 cm³/mol. The van der Waals surface area contributed by atoms with E-state index >= 15 is 0 Å². The van der Waals surface area contributed by atoms with Crippen molar-refractivity contribution in [2.75, 3.05) is 0 Å². The van der Waals surface area contributed by atoms with Crippen LogP contribution in [0.1, 0.15) is 82.1 Å². The molecule has 1 aromatic carbocycles. The van der Waals surface area contributed by atoms with E-state index in [9.17, 15) is 28.8 Å². The lowest BCUT2D eigenvalue weighted by atomic mass is 9.76. The average Bonchev–Trinajstić information content (AvgIpc) is 3.09. The Morgan fingerprint density at radius 1 is 0.553 bits per heavy atom. The topological polar surface area (TPSA) is 131 Å². The average molecular weight is 529 g/mol. The third-order valence-corrected chi connectivity index (χ3v) is 6.22. The molecule has 0 saturated carbocycles. The number of benzene rings is 1. The lowest BCUT2D eigenvalue weighted by Crippen LogP contribution is -2.42. The molecular formula is C28H36N2O8. The Kier molecular flexibility index (Phi) is 6.89. The monoisotopic (exact) mass is 528 g/mol. The van der Waals surface area contributed by atoms with Crippen LogP contribution in [0.3, 0.4) is 0 Å². The smallest absolute Gasteiger partial charge is 0.329 e. The summed E-state index contributed by atoms with van der Waals surface area (Å²) >= 11 is 0. The zero-order valence-corrected chi connectivity index (χ0v) is 23.7. The largest absolute Gasteiger partial charge is 0.338 e. The number of hydrogen-bond acceptors (Lipinski definition) is 8. The standard InChI is InChI=1S/C28H36N2O8/c1-25(2,3)13-27(7,8)23(35)37-29-19(31)15-11-17-18(12-16(15)20(29)32)22(34)30(21(17)33)38-24(36)28(9,10)14-26(4,5)6/h11-12H,13-14H2,1-10H3. The van der Waals surface area contributed by atoms with Gasteiger partial charge >= 0.3 is 11.9 Å². The Morgan fingerprint density at radius 3 is 1.00 bits per heavy atom. The second-order valence-corrected chi connectivity index (χ2v) is 13.8. The molecule has 0 radical (unpaired) electrons. The van der Waals surface area contributed by atoms with E-state index in [1.807, 2.05) is 41.5 Å². The fraction of sp³-hybridized carbons (Fsp3) is 0.571. The molecule has 10 heteroatoms. The van der Waals surface area contributed by atoms with Crippen LogP contribution in [-0.2, 0) is 9.59 Å². The summed E-state index contributed by atoms with van der Waals surface area (Å²) in [5, 5.41) is -0.787. The zero-order chi connectivity index (χ0) is 29.2. The van der Waals surface area contributed by atoms with Crippen LogP contribution in [0, 0.1) is 21.7 Å². The van der Waals surface area contributed by atoms with Crippen LogP contribution in [0.2, 0.25) is 0 Å². The summed E-state index contributed by atoms with van der Waals surface area (Å²) in [7, 11) is 0. The van der Waals surface area contributed by atoms with Gasteiger partial charge in [0.25, 0.3) is 22.2 Å². The van der Waals surface area contributed by atoms with Crippen molar-refractivity contribution in [3.63, 3.8) is 0 Å². The molecule has 3 rings (SSSR count). The van der Waals surface area contributed by atoms with E-state index < -0.39 is 45.0 Å². The third kappa shape index (κ3) is 5.49. The highest BCUT2D eigenvalue weighted by atomic mass is 16.7. The van der Waals surface area contributed by atoms with E-state index in [1.54, 1.807) is 27.7 Å². The normalized spacial score (nSPS) is 13.3. The molecule has 0 N–H and O–H groups in total. The van der Waals surface area contributed by atoms with E-state index in [1.165, 1.54) is 0 Å². The molecule has 38 heavy (non-hydrogen) atoms. The van der Waals surface area contributed by atoms with Crippen LogP contribution in [0.25, 0.3) is 21.5 Å². The molecule has 0 bridgehead atoms. The molecule has 0 aliphatic rings. The first-order valence-electron chi connectivity index (χ1n) is 12.5. The number of nitrogens with zero attached hydrogens (tertiary/aromatic N) is 2. The minimum absolute atomic E-state index is 0.197. The Morgan fingerprint density at radius 2 is 0.789 bits per heavy atom. The molecule has 206 valence electrons. The van der Waals surface area contributed by atoms with Crippen molar-refractivity contribution >= 4 is 33.5 Å². The Bertz CT molecular complexity index is 1450. The van der Waals surface area contributed by atoms with Crippen LogP contribution >= 0.6 is 0 Å². The van der Waals surface area contributed by atoms with E-state index in [2.05, 4.69) is 0 Å². The molecule has 0 aliphatic heterocycles. The maximum Gasteiger partial charge on any atom is 0.338 e. The molecule has 0 aliphatic carbocycles. The van der Waals surface area contributed by atoms with Crippen molar-refractivity contribution in [3.8, 4) is 0 Å². The maximum absolute atomic E-state index is 13.0. The molecule has 3 aromatic rings. The second-order valence-electron chi connectivity index (χ2n) is 13.8. The minimum Gasteiger partial charge on any atom is -0.329 e. The number of carbonyl (C=O) groups is 2. The van der Waals surface area contributed by atoms with E-state index in [4.69, 9.17) is 9.68 Å². The van der Waals surface area contributed by atoms with Crippen LogP contribution < -0.4 is 31.9 Å². The van der Waals surface area contributed by atoms with Gasteiger partial charge in [-0.25, -0.2) is 9.59 Å². The summed E-state index contributed by atoms with van der Waals surface area (Å²) in [6, 6.07) is 2.18. The quantitative estimate of drug-likeness (QED) is 0.477. The third-order valence-electron chi connectivity index (χ3n) is 6.22. The molecule has 0 amide bonds. The van der Waals surface area contributed by atoms with Crippen LogP contribution in [0.5, 0.6) is 0 Å². The van der Waals surface area contributed by atoms with Crippen LogP contribution in [0.4, 0.5) is 0 Å². The van der Waals surface area contributed by atoms with Crippen molar-refractivity contribution in [3.05, 3.63) is 53.5 Å². The van der Waals surface area contributed by atoms with Gasteiger partial charge in [0.1, 0.15) is 0 Å². The van der Waals surface area contributed by atoms with Gasteiger partial charge in [0.05, 0.1) is 32.4 Å². The SMILES string of the molecule is CC(C)(C)CC(C)(C)C(=O)On1c(=O)c2cc3c(=O)n(OC(=O)C(C)(C)CC(C)(C)C)c(=O)c3cc2c1=O. The highest BCUT2D eigenvalue weighted by molar-refractivity contribution is 5.98. The Balaban J connectivity index is 2.06. The van der Waals surface area contributed by atoms with Crippen molar-refractivity contribution < 1.29 is 19.3 Å². The summed E-state index contributed by atoms with van der Waals surface area (Å²) in [6.45, 7) is 18.3. The van der Waals surface area contributed by atoms with Crippen molar-refractivity contribution in [1.29, 1.82) is 0 Å². The molecule has 0 saturated heterocycles. The molecule has 2 aromatic heterocycles.